The Balaban J connectivity index is 1.22. The molecule has 3 aromatic carbocycles. The predicted molar refractivity (Wildman–Crippen MR) is 235 cm³/mol. The molecule has 3 heterocycles. The molecule has 55 heavy (non-hydrogen) atoms. The summed E-state index contributed by atoms with van der Waals surface area (Å²) in [6, 6.07) is 25.9. The van der Waals surface area contributed by atoms with E-state index in [9.17, 15) is 0 Å². The van der Waals surface area contributed by atoms with Crippen LogP contribution < -0.4 is 18.9 Å². The van der Waals surface area contributed by atoms with Gasteiger partial charge in [-0.2, -0.15) is 8.75 Å². The van der Waals surface area contributed by atoms with Crippen molar-refractivity contribution in [3.05, 3.63) is 72.8 Å². The second-order valence-corrected chi connectivity index (χ2v) is 16.7. The number of thiophene rings is 2. The molecule has 3 aromatic heterocycles. The summed E-state index contributed by atoms with van der Waals surface area (Å²) in [6.07, 6.45) is 13.5. The molecule has 0 fully saturated rings. The molecule has 0 atom stereocenters. The van der Waals surface area contributed by atoms with Gasteiger partial charge >= 0.3 is 0 Å². The van der Waals surface area contributed by atoms with Crippen LogP contribution in [-0.4, -0.2) is 35.2 Å². The van der Waals surface area contributed by atoms with Crippen LogP contribution in [0.15, 0.2) is 72.8 Å². The van der Waals surface area contributed by atoms with Gasteiger partial charge in [0.05, 0.1) is 38.2 Å². The van der Waals surface area contributed by atoms with Crippen LogP contribution in [0.25, 0.3) is 52.8 Å². The summed E-state index contributed by atoms with van der Waals surface area (Å²) in [5, 5.41) is 0. The zero-order valence-corrected chi connectivity index (χ0v) is 35.4. The van der Waals surface area contributed by atoms with Gasteiger partial charge in [0.25, 0.3) is 0 Å². The van der Waals surface area contributed by atoms with E-state index in [1.54, 1.807) is 22.7 Å². The first-order chi connectivity index (χ1) is 27.1. The summed E-state index contributed by atoms with van der Waals surface area (Å²) < 4.78 is 34.6. The van der Waals surface area contributed by atoms with Crippen molar-refractivity contribution >= 4 is 45.4 Å². The van der Waals surface area contributed by atoms with Gasteiger partial charge in [0, 0.05) is 30.6 Å². The lowest BCUT2D eigenvalue weighted by atomic mass is 10.1. The van der Waals surface area contributed by atoms with E-state index in [0.29, 0.717) is 26.4 Å². The van der Waals surface area contributed by atoms with Gasteiger partial charge in [-0.1, -0.05) is 91.2 Å². The molecule has 6 nitrogen and oxygen atoms in total. The summed E-state index contributed by atoms with van der Waals surface area (Å²) in [4.78, 5) is 4.69. The molecule has 6 rings (SSSR count). The number of fused-ring (bicyclic) bond motifs is 1. The van der Waals surface area contributed by atoms with Gasteiger partial charge in [0.1, 0.15) is 11.0 Å². The number of benzene rings is 3. The van der Waals surface area contributed by atoms with E-state index >= 15 is 0 Å². The molecule has 0 amide bonds. The highest BCUT2D eigenvalue weighted by atomic mass is 32.1. The largest absolute Gasteiger partial charge is 0.490 e. The van der Waals surface area contributed by atoms with Crippen molar-refractivity contribution in [2.24, 2.45) is 0 Å². The smallest absolute Gasteiger partial charge is 0.161 e. The minimum Gasteiger partial charge on any atom is -0.490 e. The molecule has 9 heteroatoms. The minimum atomic E-state index is 0.695. The first-order valence-electron chi connectivity index (χ1n) is 20.4. The van der Waals surface area contributed by atoms with Gasteiger partial charge in [-0.15, -0.1) is 22.7 Å². The van der Waals surface area contributed by atoms with Crippen LogP contribution in [0.4, 0.5) is 0 Å². The van der Waals surface area contributed by atoms with Crippen LogP contribution in [0.5, 0.6) is 23.0 Å². The highest BCUT2D eigenvalue weighted by Crippen LogP contribution is 2.44. The molecule has 0 saturated carbocycles. The Morgan fingerprint density at radius 3 is 1.15 bits per heavy atom. The van der Waals surface area contributed by atoms with Gasteiger partial charge in [0.15, 0.2) is 23.0 Å². The van der Waals surface area contributed by atoms with Crippen LogP contribution in [-0.2, 0) is 0 Å². The fraction of sp³-hybridized carbons (Fsp3) is 0.435. The lowest BCUT2D eigenvalue weighted by Crippen LogP contribution is -2.02. The standard InChI is InChI=1S/C46H56N2O4S3/c1-5-9-13-27-49-37-21-17-33(31-39(37)51-29-15-11-7-3)41-23-25-43(53-41)35-19-20-36(46-45(35)47-55-48-46)44-26-24-42(54-44)34-18-22-38(50-28-14-10-6-2)40(32-34)52-30-16-12-8-4/h17-26,31-32H,5-16,27-30H2,1-4H3. The molecule has 0 spiro atoms. The molecule has 6 aromatic rings. The Morgan fingerprint density at radius 1 is 0.400 bits per heavy atom. The Bertz CT molecular complexity index is 1920. The highest BCUT2D eigenvalue weighted by molar-refractivity contribution is 7.19. The van der Waals surface area contributed by atoms with Gasteiger partial charge in [-0.3, -0.25) is 0 Å². The van der Waals surface area contributed by atoms with E-state index in [2.05, 4.69) is 100 Å². The molecule has 0 saturated heterocycles. The Hall–Kier alpha value is -3.92. The van der Waals surface area contributed by atoms with Crippen molar-refractivity contribution in [1.29, 1.82) is 0 Å². The topological polar surface area (TPSA) is 62.7 Å². The summed E-state index contributed by atoms with van der Waals surface area (Å²) in [5.74, 6) is 3.31. The molecule has 0 N–H and O–H groups in total. The number of rotatable bonds is 24. The number of hydrogen-bond donors (Lipinski definition) is 0. The van der Waals surface area contributed by atoms with Crippen LogP contribution in [0.1, 0.15) is 105 Å². The molecule has 0 bridgehead atoms. The maximum Gasteiger partial charge on any atom is 0.161 e. The van der Waals surface area contributed by atoms with E-state index in [1.165, 1.54) is 69.8 Å². The van der Waals surface area contributed by atoms with E-state index < -0.39 is 0 Å². The Labute approximate surface area is 340 Å². The van der Waals surface area contributed by atoms with Gasteiger partial charge in [-0.05, 0) is 97.5 Å². The maximum absolute atomic E-state index is 6.29. The van der Waals surface area contributed by atoms with Crippen molar-refractivity contribution in [3.63, 3.8) is 0 Å². The number of hydrogen-bond acceptors (Lipinski definition) is 9. The maximum atomic E-state index is 6.29. The van der Waals surface area contributed by atoms with Crippen molar-refractivity contribution in [3.8, 4) is 64.8 Å². The monoisotopic (exact) mass is 796 g/mol. The quantitative estimate of drug-likeness (QED) is 0.0569. The minimum absolute atomic E-state index is 0.695. The summed E-state index contributed by atoms with van der Waals surface area (Å²) >= 11 is 4.81. The summed E-state index contributed by atoms with van der Waals surface area (Å²) in [6.45, 7) is 11.7. The molecule has 0 aliphatic heterocycles. The van der Waals surface area contributed by atoms with Gasteiger partial charge in [0.2, 0.25) is 0 Å². The zero-order valence-electron chi connectivity index (χ0n) is 33.0. The van der Waals surface area contributed by atoms with Crippen molar-refractivity contribution in [2.45, 2.75) is 105 Å². The van der Waals surface area contributed by atoms with Gasteiger partial charge in [-0.25, -0.2) is 0 Å². The Kier molecular flexibility index (Phi) is 15.8. The van der Waals surface area contributed by atoms with Crippen molar-refractivity contribution in [1.82, 2.24) is 8.75 Å². The molecular formula is C46H56N2O4S3. The second-order valence-electron chi connectivity index (χ2n) is 14.0. The number of aromatic nitrogens is 2. The van der Waals surface area contributed by atoms with Crippen molar-refractivity contribution < 1.29 is 18.9 Å². The Morgan fingerprint density at radius 2 is 0.764 bits per heavy atom. The first kappa shape index (κ1) is 40.7. The lowest BCUT2D eigenvalue weighted by Gasteiger charge is -2.14. The molecular weight excluding hydrogens is 741 g/mol. The lowest BCUT2D eigenvalue weighted by molar-refractivity contribution is 0.260. The highest BCUT2D eigenvalue weighted by Gasteiger charge is 2.18. The van der Waals surface area contributed by atoms with Crippen LogP contribution in [0.3, 0.4) is 0 Å². The van der Waals surface area contributed by atoms with Crippen LogP contribution in [0, 0.1) is 0 Å². The van der Waals surface area contributed by atoms with E-state index in [-0.39, 0.29) is 0 Å². The number of ether oxygens (including phenoxy) is 4. The average Bonchev–Trinajstić information content (AvgIpc) is 4.01. The second kappa shape index (κ2) is 21.4. The number of unbranched alkanes of at least 4 members (excludes halogenated alkanes) is 8. The zero-order chi connectivity index (χ0) is 38.2. The molecule has 0 radical (unpaired) electrons. The summed E-state index contributed by atoms with van der Waals surface area (Å²) in [5.41, 5.74) is 6.34. The predicted octanol–water partition coefficient (Wildman–Crippen LogP) is 14.8. The van der Waals surface area contributed by atoms with E-state index in [0.717, 1.165) is 94.8 Å². The third-order valence-electron chi connectivity index (χ3n) is 9.64. The van der Waals surface area contributed by atoms with Crippen molar-refractivity contribution in [2.75, 3.05) is 26.4 Å². The van der Waals surface area contributed by atoms with Gasteiger partial charge < -0.3 is 18.9 Å². The summed E-state index contributed by atoms with van der Waals surface area (Å²) in [7, 11) is 0. The van der Waals surface area contributed by atoms with Crippen LogP contribution in [0.2, 0.25) is 0 Å². The molecule has 0 unspecified atom stereocenters. The van der Waals surface area contributed by atoms with E-state index in [4.69, 9.17) is 27.7 Å². The fourth-order valence-electron chi connectivity index (χ4n) is 6.46. The third kappa shape index (κ3) is 10.9. The third-order valence-corrected chi connectivity index (χ3v) is 12.5. The first-order valence-corrected chi connectivity index (χ1v) is 22.7. The molecule has 292 valence electrons. The van der Waals surface area contributed by atoms with E-state index in [1.807, 2.05) is 0 Å². The van der Waals surface area contributed by atoms with Crippen LogP contribution >= 0.6 is 34.4 Å². The molecule has 0 aliphatic rings. The number of nitrogens with zero attached hydrogens (tertiary/aromatic N) is 2. The average molecular weight is 797 g/mol. The SMILES string of the molecule is CCCCCOc1ccc(-c2ccc(-c3ccc(-c4ccc(-c5ccc(OCCCCC)c(OCCCCC)c5)s4)c4nsnc34)s2)cc1OCCCCC. The molecule has 0 aliphatic carbocycles. The normalized spacial score (nSPS) is 11.3. The fourth-order valence-corrected chi connectivity index (χ4v) is 9.09.